The normalized spacial score (nSPS) is 19.0. The van der Waals surface area contributed by atoms with Gasteiger partial charge in [-0.3, -0.25) is 14.4 Å². The third kappa shape index (κ3) is 4.70. The van der Waals surface area contributed by atoms with Crippen LogP contribution in [0.15, 0.2) is 54.6 Å². The zero-order valence-corrected chi connectivity index (χ0v) is 17.0. The van der Waals surface area contributed by atoms with E-state index in [2.05, 4.69) is 10.6 Å². The molecule has 0 aliphatic carbocycles. The Morgan fingerprint density at radius 3 is 2.47 bits per heavy atom. The van der Waals surface area contributed by atoms with Crippen molar-refractivity contribution in [3.63, 3.8) is 0 Å². The second kappa shape index (κ2) is 9.11. The van der Waals surface area contributed by atoms with Crippen molar-refractivity contribution in [1.82, 2.24) is 10.2 Å². The molecule has 1 saturated heterocycles. The average Bonchev–Trinajstić information content (AvgIpc) is 2.78. The van der Waals surface area contributed by atoms with E-state index in [0.29, 0.717) is 37.9 Å². The molecule has 2 aromatic rings. The number of rotatable bonds is 5. The van der Waals surface area contributed by atoms with E-state index in [4.69, 9.17) is 0 Å². The number of amides is 3. The Hall–Kier alpha value is -3.15. The third-order valence-electron chi connectivity index (χ3n) is 6.04. The monoisotopic (exact) mass is 405 g/mol. The number of hydrogen-bond acceptors (Lipinski definition) is 3. The molecule has 1 atom stereocenters. The van der Waals surface area contributed by atoms with Gasteiger partial charge in [0.1, 0.15) is 0 Å². The summed E-state index contributed by atoms with van der Waals surface area (Å²) in [6, 6.07) is 17.1. The molecule has 1 unspecified atom stereocenters. The number of para-hydroxylation sites is 1. The third-order valence-corrected chi connectivity index (χ3v) is 6.04. The van der Waals surface area contributed by atoms with E-state index in [9.17, 15) is 14.4 Å². The van der Waals surface area contributed by atoms with E-state index >= 15 is 0 Å². The van der Waals surface area contributed by atoms with Gasteiger partial charge >= 0.3 is 0 Å². The second-order valence-corrected chi connectivity index (χ2v) is 8.08. The van der Waals surface area contributed by atoms with Crippen LogP contribution in [0.3, 0.4) is 0 Å². The minimum absolute atomic E-state index is 0.00355. The molecule has 1 fully saturated rings. The van der Waals surface area contributed by atoms with E-state index in [-0.39, 0.29) is 29.7 Å². The fourth-order valence-electron chi connectivity index (χ4n) is 4.23. The smallest absolute Gasteiger partial charge is 0.251 e. The van der Waals surface area contributed by atoms with Crippen molar-refractivity contribution >= 4 is 23.4 Å². The SMILES string of the molecule is O=C(NC1CCN(C(=O)CCC2Cc3ccccc3NC2=O)CC1)c1ccccc1. The molecule has 0 saturated carbocycles. The van der Waals surface area contributed by atoms with Crippen LogP contribution in [-0.4, -0.2) is 41.8 Å². The van der Waals surface area contributed by atoms with Crippen molar-refractivity contribution < 1.29 is 14.4 Å². The van der Waals surface area contributed by atoms with Crippen molar-refractivity contribution in [1.29, 1.82) is 0 Å². The molecular weight excluding hydrogens is 378 g/mol. The van der Waals surface area contributed by atoms with E-state index in [1.54, 1.807) is 12.1 Å². The van der Waals surface area contributed by atoms with Crippen LogP contribution in [0.5, 0.6) is 0 Å². The Bertz CT molecular complexity index is 920. The maximum Gasteiger partial charge on any atom is 0.251 e. The number of hydrogen-bond donors (Lipinski definition) is 2. The van der Waals surface area contributed by atoms with Crippen molar-refractivity contribution in [3.05, 3.63) is 65.7 Å². The van der Waals surface area contributed by atoms with Crippen molar-refractivity contribution in [2.24, 2.45) is 5.92 Å². The zero-order valence-electron chi connectivity index (χ0n) is 17.0. The number of likely N-dealkylation sites (tertiary alicyclic amines) is 1. The van der Waals surface area contributed by atoms with Crippen LogP contribution in [-0.2, 0) is 16.0 Å². The minimum atomic E-state index is -0.161. The van der Waals surface area contributed by atoms with E-state index in [1.807, 2.05) is 47.4 Å². The lowest BCUT2D eigenvalue weighted by atomic mass is 9.89. The summed E-state index contributed by atoms with van der Waals surface area (Å²) in [5.41, 5.74) is 2.66. The molecule has 0 bridgehead atoms. The van der Waals surface area contributed by atoms with Gasteiger partial charge in [0.2, 0.25) is 11.8 Å². The number of anilines is 1. The molecule has 2 heterocycles. The Morgan fingerprint density at radius 2 is 1.70 bits per heavy atom. The lowest BCUT2D eigenvalue weighted by Crippen LogP contribution is -2.46. The first kappa shape index (κ1) is 20.1. The van der Waals surface area contributed by atoms with Gasteiger partial charge in [0.15, 0.2) is 0 Å². The fraction of sp³-hybridized carbons (Fsp3) is 0.375. The lowest BCUT2D eigenvalue weighted by molar-refractivity contribution is -0.132. The van der Waals surface area contributed by atoms with Gasteiger partial charge in [0.05, 0.1) is 0 Å². The molecule has 2 aliphatic rings. The van der Waals surface area contributed by atoms with Crippen LogP contribution in [0.4, 0.5) is 5.69 Å². The van der Waals surface area contributed by atoms with Crippen LogP contribution in [0.25, 0.3) is 0 Å². The molecule has 2 N–H and O–H groups in total. The van der Waals surface area contributed by atoms with Gasteiger partial charge in [0.25, 0.3) is 5.91 Å². The molecule has 0 radical (unpaired) electrons. The predicted molar refractivity (Wildman–Crippen MR) is 115 cm³/mol. The van der Waals surface area contributed by atoms with Crippen LogP contribution in [0.1, 0.15) is 41.6 Å². The molecule has 4 rings (SSSR count). The molecule has 2 aromatic carbocycles. The molecular formula is C24H27N3O3. The minimum Gasteiger partial charge on any atom is -0.349 e. The summed E-state index contributed by atoms with van der Waals surface area (Å²) >= 11 is 0. The van der Waals surface area contributed by atoms with Gasteiger partial charge < -0.3 is 15.5 Å². The maximum atomic E-state index is 12.7. The molecule has 0 spiro atoms. The summed E-state index contributed by atoms with van der Waals surface area (Å²) in [6.45, 7) is 1.27. The number of piperidine rings is 1. The quantitative estimate of drug-likeness (QED) is 0.803. The van der Waals surface area contributed by atoms with Gasteiger partial charge in [-0.25, -0.2) is 0 Å². The molecule has 30 heavy (non-hydrogen) atoms. The fourth-order valence-corrected chi connectivity index (χ4v) is 4.23. The summed E-state index contributed by atoms with van der Waals surface area (Å²) in [6.07, 6.45) is 3.12. The van der Waals surface area contributed by atoms with E-state index in [0.717, 1.165) is 24.1 Å². The largest absolute Gasteiger partial charge is 0.349 e. The van der Waals surface area contributed by atoms with Crippen LogP contribution in [0.2, 0.25) is 0 Å². The molecule has 2 aliphatic heterocycles. The van der Waals surface area contributed by atoms with Gasteiger partial charge in [-0.15, -0.1) is 0 Å². The average molecular weight is 405 g/mol. The highest BCUT2D eigenvalue weighted by molar-refractivity contribution is 5.96. The first-order valence-electron chi connectivity index (χ1n) is 10.6. The lowest BCUT2D eigenvalue weighted by Gasteiger charge is -2.33. The van der Waals surface area contributed by atoms with Gasteiger partial charge in [0, 0.05) is 42.7 Å². The highest BCUT2D eigenvalue weighted by Gasteiger charge is 2.28. The number of nitrogens with zero attached hydrogens (tertiary/aromatic N) is 1. The number of nitrogens with one attached hydrogen (secondary N) is 2. The van der Waals surface area contributed by atoms with Crippen LogP contribution >= 0.6 is 0 Å². The van der Waals surface area contributed by atoms with E-state index in [1.165, 1.54) is 0 Å². The topological polar surface area (TPSA) is 78.5 Å². The number of carbonyl (C=O) groups is 3. The Kier molecular flexibility index (Phi) is 6.12. The highest BCUT2D eigenvalue weighted by atomic mass is 16.2. The second-order valence-electron chi connectivity index (χ2n) is 8.08. The molecule has 0 aromatic heterocycles. The van der Waals surface area contributed by atoms with Crippen molar-refractivity contribution in [2.45, 2.75) is 38.1 Å². The van der Waals surface area contributed by atoms with Crippen LogP contribution in [0, 0.1) is 5.92 Å². The summed E-state index contributed by atoms with van der Waals surface area (Å²) in [7, 11) is 0. The van der Waals surface area contributed by atoms with Gasteiger partial charge in [-0.2, -0.15) is 0 Å². The maximum absolute atomic E-state index is 12.7. The molecule has 6 nitrogen and oxygen atoms in total. The van der Waals surface area contributed by atoms with Gasteiger partial charge in [-0.05, 0) is 49.4 Å². The predicted octanol–water partition coefficient (Wildman–Crippen LogP) is 3.00. The molecule has 156 valence electrons. The Labute approximate surface area is 176 Å². The van der Waals surface area contributed by atoms with Crippen molar-refractivity contribution in [3.8, 4) is 0 Å². The standard InChI is InChI=1S/C24H27N3O3/c28-22(11-10-19-16-18-8-4-5-9-21(18)26-24(19)30)27-14-12-20(13-15-27)25-23(29)17-6-2-1-3-7-17/h1-9,19-20H,10-16H2,(H,25,29)(H,26,30). The summed E-state index contributed by atoms with van der Waals surface area (Å²) in [5, 5.41) is 6.01. The molecule has 3 amide bonds. The van der Waals surface area contributed by atoms with Crippen molar-refractivity contribution in [2.75, 3.05) is 18.4 Å². The number of fused-ring (bicyclic) bond motifs is 1. The number of carbonyl (C=O) groups excluding carboxylic acids is 3. The van der Waals surface area contributed by atoms with E-state index < -0.39 is 0 Å². The first-order valence-corrected chi connectivity index (χ1v) is 10.6. The Morgan fingerprint density at radius 1 is 1.00 bits per heavy atom. The molecule has 6 heteroatoms. The summed E-state index contributed by atoms with van der Waals surface area (Å²) in [5.74, 6) is -0.131. The zero-order chi connectivity index (χ0) is 20.9. The summed E-state index contributed by atoms with van der Waals surface area (Å²) < 4.78 is 0. The highest BCUT2D eigenvalue weighted by Crippen LogP contribution is 2.28. The van der Waals surface area contributed by atoms with Gasteiger partial charge in [-0.1, -0.05) is 36.4 Å². The first-order chi connectivity index (χ1) is 14.6. The Balaban J connectivity index is 1.22. The number of benzene rings is 2. The van der Waals surface area contributed by atoms with Crippen LogP contribution < -0.4 is 10.6 Å². The summed E-state index contributed by atoms with van der Waals surface area (Å²) in [4.78, 5) is 39.1.